The first-order valence-electron chi connectivity index (χ1n) is 7.32. The van der Waals surface area contributed by atoms with Gasteiger partial charge in [0.05, 0.1) is 11.7 Å². The molecule has 5 nitrogen and oxygen atoms in total. The minimum absolute atomic E-state index is 0.387. The number of hydrogen-bond acceptors (Lipinski definition) is 4. The molecule has 1 aliphatic rings. The van der Waals surface area contributed by atoms with Crippen molar-refractivity contribution in [2.75, 3.05) is 31.6 Å². The van der Waals surface area contributed by atoms with E-state index < -0.39 is 5.91 Å². The second kappa shape index (κ2) is 8.36. The zero-order chi connectivity index (χ0) is 15.1. The molecule has 2 rings (SSSR count). The lowest BCUT2D eigenvalue weighted by molar-refractivity contribution is 0.0329. The second-order valence-electron chi connectivity index (χ2n) is 5.15. The molecule has 0 spiro atoms. The number of anilines is 1. The summed E-state index contributed by atoms with van der Waals surface area (Å²) in [6, 6.07) is 5.40. The van der Waals surface area contributed by atoms with Crippen LogP contribution in [-0.4, -0.2) is 38.3 Å². The Kier molecular flexibility index (Phi) is 6.48. The molecule has 0 atom stereocenters. The normalized spacial score (nSPS) is 15.9. The highest BCUT2D eigenvalue weighted by atomic mass is 79.9. The van der Waals surface area contributed by atoms with Gasteiger partial charge in [0.15, 0.2) is 0 Å². The van der Waals surface area contributed by atoms with E-state index in [4.69, 9.17) is 10.5 Å². The number of halogens is 1. The molecule has 0 saturated carbocycles. The molecule has 1 aromatic rings. The predicted molar refractivity (Wildman–Crippen MR) is 87.6 cm³/mol. The van der Waals surface area contributed by atoms with Gasteiger partial charge in [0.1, 0.15) is 0 Å². The van der Waals surface area contributed by atoms with Crippen LogP contribution < -0.4 is 16.4 Å². The molecule has 1 fully saturated rings. The lowest BCUT2D eigenvalue weighted by Gasteiger charge is -2.23. The third-order valence-corrected chi connectivity index (χ3v) is 4.02. The summed E-state index contributed by atoms with van der Waals surface area (Å²) >= 11 is 3.40. The molecule has 1 aromatic carbocycles. The minimum atomic E-state index is -0.420. The number of nitrogens with one attached hydrogen (secondary N) is 2. The Bertz CT molecular complexity index is 476. The van der Waals surface area contributed by atoms with E-state index in [0.717, 1.165) is 55.7 Å². The van der Waals surface area contributed by atoms with Crippen molar-refractivity contribution in [1.82, 2.24) is 5.32 Å². The zero-order valence-electron chi connectivity index (χ0n) is 12.0. The van der Waals surface area contributed by atoms with E-state index >= 15 is 0 Å². The van der Waals surface area contributed by atoms with E-state index in [2.05, 4.69) is 26.6 Å². The van der Waals surface area contributed by atoms with Gasteiger partial charge in [-0.2, -0.15) is 0 Å². The van der Waals surface area contributed by atoms with Crippen molar-refractivity contribution in [2.45, 2.75) is 25.4 Å². The third-order valence-electron chi connectivity index (χ3n) is 3.52. The Morgan fingerprint density at radius 2 is 2.19 bits per heavy atom. The standard InChI is InChI=1S/C15H22BrN3O2/c16-11-2-3-13(15(17)20)14(10-11)19-6-1-9-21-12-4-7-18-8-5-12/h2-3,10,12,18-19H,1,4-9H2,(H2,17,20). The fourth-order valence-electron chi connectivity index (χ4n) is 2.38. The van der Waals surface area contributed by atoms with Crippen LogP contribution >= 0.6 is 15.9 Å². The maximum absolute atomic E-state index is 11.4. The summed E-state index contributed by atoms with van der Waals surface area (Å²) in [6.07, 6.45) is 3.46. The van der Waals surface area contributed by atoms with Crippen LogP contribution in [0.2, 0.25) is 0 Å². The third kappa shape index (κ3) is 5.30. The highest BCUT2D eigenvalue weighted by molar-refractivity contribution is 9.10. The van der Waals surface area contributed by atoms with Gasteiger partial charge in [0, 0.05) is 23.3 Å². The number of benzene rings is 1. The molecule has 1 saturated heterocycles. The van der Waals surface area contributed by atoms with Gasteiger partial charge in [0.25, 0.3) is 5.91 Å². The van der Waals surface area contributed by atoms with E-state index in [1.54, 1.807) is 6.07 Å². The van der Waals surface area contributed by atoms with Gasteiger partial charge in [0.2, 0.25) is 0 Å². The number of rotatable bonds is 7. The molecule has 1 heterocycles. The molecule has 116 valence electrons. The molecule has 0 bridgehead atoms. The zero-order valence-corrected chi connectivity index (χ0v) is 13.6. The van der Waals surface area contributed by atoms with E-state index in [1.807, 2.05) is 12.1 Å². The number of carbonyl (C=O) groups is 1. The summed E-state index contributed by atoms with van der Waals surface area (Å²) in [5, 5.41) is 6.57. The van der Waals surface area contributed by atoms with Crippen LogP contribution in [0.4, 0.5) is 5.69 Å². The fourth-order valence-corrected chi connectivity index (χ4v) is 2.75. The Morgan fingerprint density at radius 3 is 2.90 bits per heavy atom. The van der Waals surface area contributed by atoms with Crippen LogP contribution in [0.25, 0.3) is 0 Å². The smallest absolute Gasteiger partial charge is 0.250 e. The molecule has 0 unspecified atom stereocenters. The highest BCUT2D eigenvalue weighted by Crippen LogP contribution is 2.21. The van der Waals surface area contributed by atoms with Gasteiger partial charge in [-0.25, -0.2) is 0 Å². The van der Waals surface area contributed by atoms with Crippen molar-refractivity contribution < 1.29 is 9.53 Å². The number of amides is 1. The molecule has 4 N–H and O–H groups in total. The predicted octanol–water partition coefficient (Wildman–Crippen LogP) is 2.12. The van der Waals surface area contributed by atoms with Crippen LogP contribution in [0.5, 0.6) is 0 Å². The van der Waals surface area contributed by atoms with Gasteiger partial charge in [-0.15, -0.1) is 0 Å². The number of primary amides is 1. The number of hydrogen-bond donors (Lipinski definition) is 3. The number of ether oxygens (including phenoxy) is 1. The van der Waals surface area contributed by atoms with Crippen molar-refractivity contribution in [3.8, 4) is 0 Å². The highest BCUT2D eigenvalue weighted by Gasteiger charge is 2.12. The van der Waals surface area contributed by atoms with E-state index in [0.29, 0.717) is 11.7 Å². The summed E-state index contributed by atoms with van der Waals surface area (Å²) < 4.78 is 6.76. The molecular formula is C15H22BrN3O2. The van der Waals surface area contributed by atoms with Gasteiger partial charge in [-0.1, -0.05) is 15.9 Å². The van der Waals surface area contributed by atoms with Crippen LogP contribution in [0.3, 0.4) is 0 Å². The SMILES string of the molecule is NC(=O)c1ccc(Br)cc1NCCCOC1CCNCC1. The topological polar surface area (TPSA) is 76.4 Å². The fraction of sp³-hybridized carbons (Fsp3) is 0.533. The van der Waals surface area contributed by atoms with Crippen LogP contribution in [0.1, 0.15) is 29.6 Å². The van der Waals surface area contributed by atoms with Gasteiger partial charge in [-0.05, 0) is 50.6 Å². The first kappa shape index (κ1) is 16.3. The Morgan fingerprint density at radius 1 is 1.43 bits per heavy atom. The molecule has 0 aliphatic carbocycles. The van der Waals surface area contributed by atoms with E-state index in [-0.39, 0.29) is 0 Å². The Labute approximate surface area is 133 Å². The van der Waals surface area contributed by atoms with Crippen molar-refractivity contribution in [1.29, 1.82) is 0 Å². The maximum Gasteiger partial charge on any atom is 0.250 e. The lowest BCUT2D eigenvalue weighted by Crippen LogP contribution is -2.32. The Balaban J connectivity index is 1.73. The molecular weight excluding hydrogens is 334 g/mol. The van der Waals surface area contributed by atoms with Gasteiger partial charge in [-0.3, -0.25) is 4.79 Å². The monoisotopic (exact) mass is 355 g/mol. The van der Waals surface area contributed by atoms with Crippen molar-refractivity contribution >= 4 is 27.5 Å². The number of nitrogens with two attached hydrogens (primary N) is 1. The quantitative estimate of drug-likeness (QED) is 0.654. The van der Waals surface area contributed by atoms with E-state index in [9.17, 15) is 4.79 Å². The van der Waals surface area contributed by atoms with Crippen LogP contribution in [0, 0.1) is 0 Å². The summed E-state index contributed by atoms with van der Waals surface area (Å²) in [6.45, 7) is 3.57. The summed E-state index contributed by atoms with van der Waals surface area (Å²) in [4.78, 5) is 11.4. The van der Waals surface area contributed by atoms with E-state index in [1.165, 1.54) is 0 Å². The summed E-state index contributed by atoms with van der Waals surface area (Å²) in [7, 11) is 0. The van der Waals surface area contributed by atoms with Crippen LogP contribution in [-0.2, 0) is 4.74 Å². The lowest BCUT2D eigenvalue weighted by atomic mass is 10.1. The molecule has 21 heavy (non-hydrogen) atoms. The first-order valence-corrected chi connectivity index (χ1v) is 8.11. The minimum Gasteiger partial charge on any atom is -0.384 e. The van der Waals surface area contributed by atoms with Gasteiger partial charge < -0.3 is 21.1 Å². The summed E-state index contributed by atoms with van der Waals surface area (Å²) in [5.41, 5.74) is 6.64. The molecule has 0 aromatic heterocycles. The van der Waals surface area contributed by atoms with Crippen molar-refractivity contribution in [3.05, 3.63) is 28.2 Å². The number of carbonyl (C=O) groups excluding carboxylic acids is 1. The Hall–Kier alpha value is -1.11. The number of piperidine rings is 1. The average Bonchev–Trinajstić information content (AvgIpc) is 2.48. The van der Waals surface area contributed by atoms with Crippen molar-refractivity contribution in [3.63, 3.8) is 0 Å². The van der Waals surface area contributed by atoms with Crippen molar-refractivity contribution in [2.24, 2.45) is 5.73 Å². The molecule has 6 heteroatoms. The maximum atomic E-state index is 11.4. The molecule has 0 radical (unpaired) electrons. The average molecular weight is 356 g/mol. The molecule has 1 aliphatic heterocycles. The molecule has 1 amide bonds. The first-order chi connectivity index (χ1) is 10.2. The second-order valence-corrected chi connectivity index (χ2v) is 6.07. The van der Waals surface area contributed by atoms with Gasteiger partial charge >= 0.3 is 0 Å². The largest absolute Gasteiger partial charge is 0.384 e. The van der Waals surface area contributed by atoms with Crippen LogP contribution in [0.15, 0.2) is 22.7 Å². The summed E-state index contributed by atoms with van der Waals surface area (Å²) in [5.74, 6) is -0.420.